The summed E-state index contributed by atoms with van der Waals surface area (Å²) in [6, 6.07) is 8.42. The van der Waals surface area contributed by atoms with Crippen molar-refractivity contribution in [3.63, 3.8) is 0 Å². The summed E-state index contributed by atoms with van der Waals surface area (Å²) in [4.78, 5) is 15.3. The van der Waals surface area contributed by atoms with Crippen LogP contribution < -0.4 is 10.1 Å². The minimum Gasteiger partial charge on any atom is -0.497 e. The fourth-order valence-electron chi connectivity index (χ4n) is 5.88. The van der Waals surface area contributed by atoms with E-state index in [1.54, 1.807) is 7.11 Å². The molecule has 3 atom stereocenters. The fourth-order valence-corrected chi connectivity index (χ4v) is 5.88. The molecule has 3 aliphatic rings. The summed E-state index contributed by atoms with van der Waals surface area (Å²) in [7, 11) is 1.72. The first kappa shape index (κ1) is 18.8. The molecule has 4 nitrogen and oxygen atoms in total. The zero-order valence-electron chi connectivity index (χ0n) is 17.0. The minimum atomic E-state index is 0.279. The summed E-state index contributed by atoms with van der Waals surface area (Å²) in [6.07, 6.45) is 9.36. The molecule has 1 N–H and O–H groups in total. The van der Waals surface area contributed by atoms with Crippen LogP contribution in [-0.4, -0.2) is 36.0 Å². The number of nitrogens with one attached hydrogen (secondary N) is 1. The van der Waals surface area contributed by atoms with Crippen LogP contribution in [0.25, 0.3) is 0 Å². The largest absolute Gasteiger partial charge is 0.497 e. The molecule has 1 saturated carbocycles. The summed E-state index contributed by atoms with van der Waals surface area (Å²) in [6.45, 7) is 4.53. The number of ether oxygens (including phenoxy) is 1. The van der Waals surface area contributed by atoms with Gasteiger partial charge in [-0.2, -0.15) is 0 Å². The number of hydrogen-bond acceptors (Lipinski definition) is 3. The first-order valence-electron chi connectivity index (χ1n) is 10.8. The number of nitrogens with zero attached hydrogens (tertiary/aromatic N) is 1. The van der Waals surface area contributed by atoms with E-state index in [1.165, 1.54) is 36.8 Å². The van der Waals surface area contributed by atoms with Gasteiger partial charge >= 0.3 is 0 Å². The average molecular weight is 371 g/mol. The zero-order valence-corrected chi connectivity index (χ0v) is 17.0. The summed E-state index contributed by atoms with van der Waals surface area (Å²) in [5.74, 6) is 1.53. The molecule has 2 heterocycles. The van der Waals surface area contributed by atoms with E-state index >= 15 is 0 Å². The van der Waals surface area contributed by atoms with Gasteiger partial charge in [0.25, 0.3) is 0 Å². The number of piperidine rings is 1. The van der Waals surface area contributed by atoms with Gasteiger partial charge in [-0.15, -0.1) is 0 Å². The molecule has 0 radical (unpaired) electrons. The van der Waals surface area contributed by atoms with E-state index in [0.29, 0.717) is 30.1 Å². The molecule has 3 unspecified atom stereocenters. The number of amides is 1. The van der Waals surface area contributed by atoms with E-state index in [9.17, 15) is 4.79 Å². The van der Waals surface area contributed by atoms with Crippen molar-refractivity contribution >= 4 is 5.91 Å². The van der Waals surface area contributed by atoms with Gasteiger partial charge in [0.1, 0.15) is 5.75 Å². The Morgan fingerprint density at radius 1 is 1.15 bits per heavy atom. The van der Waals surface area contributed by atoms with Gasteiger partial charge in [0.15, 0.2) is 0 Å². The van der Waals surface area contributed by atoms with Gasteiger partial charge in [0, 0.05) is 30.1 Å². The smallest absolute Gasteiger partial charge is 0.223 e. The molecule has 4 rings (SSSR count). The number of carbonyl (C=O) groups is 1. The molecular weight excluding hydrogens is 336 g/mol. The van der Waals surface area contributed by atoms with Gasteiger partial charge in [0.2, 0.25) is 5.91 Å². The van der Waals surface area contributed by atoms with Crippen LogP contribution in [0.3, 0.4) is 0 Å². The molecule has 2 saturated heterocycles. The number of fused-ring (bicyclic) bond motifs is 2. The average Bonchev–Trinajstić information content (AvgIpc) is 3.28. The van der Waals surface area contributed by atoms with E-state index < -0.39 is 0 Å². The van der Waals surface area contributed by atoms with Gasteiger partial charge < -0.3 is 10.1 Å². The van der Waals surface area contributed by atoms with Gasteiger partial charge in [-0.25, -0.2) is 0 Å². The van der Waals surface area contributed by atoms with Gasteiger partial charge in [-0.3, -0.25) is 9.69 Å². The van der Waals surface area contributed by atoms with Crippen molar-refractivity contribution in [1.29, 1.82) is 0 Å². The van der Waals surface area contributed by atoms with Crippen molar-refractivity contribution in [2.24, 2.45) is 5.92 Å². The molecule has 1 aromatic carbocycles. The fraction of sp³-hybridized carbons (Fsp3) is 0.696. The maximum Gasteiger partial charge on any atom is 0.223 e. The Balaban J connectivity index is 1.42. The molecule has 2 aliphatic heterocycles. The van der Waals surface area contributed by atoms with E-state index in [0.717, 1.165) is 31.4 Å². The first-order chi connectivity index (χ1) is 13.1. The lowest BCUT2D eigenvalue weighted by Crippen LogP contribution is -2.51. The lowest BCUT2D eigenvalue weighted by Gasteiger charge is -2.43. The zero-order chi connectivity index (χ0) is 19.0. The Morgan fingerprint density at radius 3 is 2.41 bits per heavy atom. The van der Waals surface area contributed by atoms with Gasteiger partial charge in [-0.1, -0.05) is 18.9 Å². The molecular formula is C23H34N2O2. The number of methoxy groups -OCH3 is 1. The summed E-state index contributed by atoms with van der Waals surface area (Å²) in [5, 5.41) is 3.41. The SMILES string of the molecule is COc1ccc(C(C)N2C3CCC2CC(NC(=O)C2CCCC2)C3)c(C)c1. The highest BCUT2D eigenvalue weighted by Gasteiger charge is 2.44. The Bertz CT molecular complexity index is 669. The number of hydrogen-bond donors (Lipinski definition) is 1. The standard InChI is InChI=1S/C23H34N2O2/c1-15-12-21(27-3)10-11-22(15)16(2)25-19-8-9-20(25)14-18(13-19)24-23(26)17-6-4-5-7-17/h10-12,16-20H,4-9,13-14H2,1-3H3,(H,24,26). The molecule has 2 bridgehead atoms. The molecule has 3 fully saturated rings. The van der Waals surface area contributed by atoms with Crippen LogP contribution in [0.15, 0.2) is 18.2 Å². The van der Waals surface area contributed by atoms with Gasteiger partial charge in [-0.05, 0) is 75.6 Å². The van der Waals surface area contributed by atoms with E-state index in [4.69, 9.17) is 4.74 Å². The molecule has 0 spiro atoms. The van der Waals surface area contributed by atoms with Crippen LogP contribution in [0, 0.1) is 12.8 Å². The predicted molar refractivity (Wildman–Crippen MR) is 108 cm³/mol. The normalized spacial score (nSPS) is 29.7. The highest BCUT2D eigenvalue weighted by Crippen LogP contribution is 2.42. The van der Waals surface area contributed by atoms with Crippen molar-refractivity contribution in [2.75, 3.05) is 7.11 Å². The topological polar surface area (TPSA) is 41.6 Å². The van der Waals surface area contributed by atoms with Crippen molar-refractivity contribution in [3.8, 4) is 5.75 Å². The van der Waals surface area contributed by atoms with Crippen LogP contribution in [0.4, 0.5) is 0 Å². The second-order valence-electron chi connectivity index (χ2n) is 8.89. The minimum absolute atomic E-state index is 0.279. The highest BCUT2D eigenvalue weighted by atomic mass is 16.5. The monoisotopic (exact) mass is 370 g/mol. The highest BCUT2D eigenvalue weighted by molar-refractivity contribution is 5.79. The maximum absolute atomic E-state index is 12.6. The number of carbonyl (C=O) groups excluding carboxylic acids is 1. The summed E-state index contributed by atoms with van der Waals surface area (Å²) in [5.41, 5.74) is 2.71. The third-order valence-electron chi connectivity index (χ3n) is 7.24. The molecule has 27 heavy (non-hydrogen) atoms. The third kappa shape index (κ3) is 3.73. The van der Waals surface area contributed by atoms with Crippen molar-refractivity contribution < 1.29 is 9.53 Å². The van der Waals surface area contributed by atoms with Crippen LogP contribution in [-0.2, 0) is 4.79 Å². The maximum atomic E-state index is 12.6. The third-order valence-corrected chi connectivity index (χ3v) is 7.24. The first-order valence-corrected chi connectivity index (χ1v) is 10.8. The molecule has 1 aromatic rings. The number of aryl methyl sites for hydroxylation is 1. The summed E-state index contributed by atoms with van der Waals surface area (Å²) >= 11 is 0. The van der Waals surface area contributed by atoms with E-state index in [2.05, 4.69) is 42.3 Å². The van der Waals surface area contributed by atoms with E-state index in [-0.39, 0.29) is 5.92 Å². The van der Waals surface area contributed by atoms with Crippen LogP contribution >= 0.6 is 0 Å². The Kier molecular flexibility index (Phi) is 5.45. The molecule has 148 valence electrons. The van der Waals surface area contributed by atoms with Gasteiger partial charge in [0.05, 0.1) is 7.11 Å². The van der Waals surface area contributed by atoms with Crippen molar-refractivity contribution in [2.45, 2.75) is 89.4 Å². The number of benzene rings is 1. The lowest BCUT2D eigenvalue weighted by atomic mass is 9.92. The Labute approximate surface area is 163 Å². The van der Waals surface area contributed by atoms with Crippen LogP contribution in [0.5, 0.6) is 5.75 Å². The molecule has 1 amide bonds. The summed E-state index contributed by atoms with van der Waals surface area (Å²) < 4.78 is 5.37. The number of rotatable bonds is 5. The lowest BCUT2D eigenvalue weighted by molar-refractivity contribution is -0.126. The molecule has 0 aromatic heterocycles. The second kappa shape index (κ2) is 7.83. The predicted octanol–water partition coefficient (Wildman–Crippen LogP) is 4.37. The van der Waals surface area contributed by atoms with Crippen molar-refractivity contribution in [3.05, 3.63) is 29.3 Å². The van der Waals surface area contributed by atoms with Crippen LogP contribution in [0.1, 0.15) is 75.5 Å². The second-order valence-corrected chi connectivity index (χ2v) is 8.89. The quantitative estimate of drug-likeness (QED) is 0.837. The Hall–Kier alpha value is -1.55. The van der Waals surface area contributed by atoms with E-state index in [1.807, 2.05) is 0 Å². The molecule has 1 aliphatic carbocycles. The van der Waals surface area contributed by atoms with Crippen molar-refractivity contribution in [1.82, 2.24) is 10.2 Å². The molecule has 4 heteroatoms. The Morgan fingerprint density at radius 2 is 1.81 bits per heavy atom. The van der Waals surface area contributed by atoms with Crippen LogP contribution in [0.2, 0.25) is 0 Å².